The van der Waals surface area contributed by atoms with E-state index in [0.29, 0.717) is 5.82 Å². The summed E-state index contributed by atoms with van der Waals surface area (Å²) < 4.78 is 22.6. The highest BCUT2D eigenvalue weighted by Gasteiger charge is 1.81. The molecular weight excluding hydrogens is 659 g/mol. The number of imidazole rings is 1. The molecule has 2 N–H and O–H groups in total. The summed E-state index contributed by atoms with van der Waals surface area (Å²) in [6, 6.07) is 4.00. The molecule has 0 bridgehead atoms. The minimum absolute atomic E-state index is 0.676. The van der Waals surface area contributed by atoms with Crippen molar-refractivity contribution in [1.82, 2.24) is 74.3 Å². The van der Waals surface area contributed by atoms with E-state index in [1.165, 1.54) is 42.0 Å². The van der Waals surface area contributed by atoms with Gasteiger partial charge in [-0.3, -0.25) is 5.10 Å². The Bertz CT molecular complexity index is 1280. The predicted molar refractivity (Wildman–Crippen MR) is 178 cm³/mol. The summed E-state index contributed by atoms with van der Waals surface area (Å²) in [4.78, 5) is 17.9. The third-order valence-electron chi connectivity index (χ3n) is 4.36. The van der Waals surface area contributed by atoms with Gasteiger partial charge in [0.15, 0.2) is 5.82 Å². The fourth-order valence-electron chi connectivity index (χ4n) is 2.14. The van der Waals surface area contributed by atoms with Crippen LogP contribution in [0.2, 0.25) is 0 Å². The second kappa shape index (κ2) is 26.5. The average molecular weight is 698 g/mol. The Labute approximate surface area is 285 Å². The van der Waals surface area contributed by atoms with E-state index in [4.69, 9.17) is 0 Å². The molecular formula is C28H39N15O3S2. The smallest absolute Gasteiger partial charge is 0.213 e. The van der Waals surface area contributed by atoms with Crippen LogP contribution in [-0.2, 0) is 7.05 Å². The highest BCUT2D eigenvalue weighted by molar-refractivity contribution is 7.03. The zero-order valence-corrected chi connectivity index (χ0v) is 29.5. The fourth-order valence-corrected chi connectivity index (χ4v) is 3.01. The molecule has 0 radical (unpaired) electrons. The van der Waals surface area contributed by atoms with Crippen molar-refractivity contribution in [3.05, 3.63) is 120 Å². The molecule has 8 heterocycles. The zero-order chi connectivity index (χ0) is 35.2. The molecule has 0 aliphatic rings. The molecule has 8 aromatic heterocycles. The first-order chi connectivity index (χ1) is 23.2. The molecule has 0 saturated heterocycles. The molecule has 256 valence electrons. The Kier molecular flexibility index (Phi) is 22.2. The van der Waals surface area contributed by atoms with Gasteiger partial charge in [-0.05, 0) is 83.7 Å². The molecule has 0 aliphatic heterocycles. The highest BCUT2D eigenvalue weighted by Crippen LogP contribution is 1.91. The first-order valence-corrected chi connectivity index (χ1v) is 15.5. The molecule has 8 aromatic rings. The second-order valence-electron chi connectivity index (χ2n) is 8.91. The molecule has 0 aromatic carbocycles. The topological polar surface area (TPSA) is 231 Å². The standard InChI is InChI=1S/C5H7N.C4H6N2.C4H5NO.C3H5N3.2C3H4N2O.2C3H4N2S/c1-6-4-2-3-5-6;1-4-2-5-3-6-4;1-4-2-5-6-3-4;1-3-4-2-5-6-3;1-3-4-2-6-5-3;1-3-2-6-5-4-3;1-3-4-2-6-5-3;1-3-2-6-5-4-3/h2-5H,1H3;2-3H,1H3,(H,5,6);2-3H,1H3;2H,1H3,(H,4,5,6);4*2H,1H3. The normalized spacial score (nSPS) is 8.83. The summed E-state index contributed by atoms with van der Waals surface area (Å²) >= 11 is 2.76. The van der Waals surface area contributed by atoms with Crippen molar-refractivity contribution in [3.63, 3.8) is 0 Å². The van der Waals surface area contributed by atoms with Gasteiger partial charge in [0.1, 0.15) is 41.7 Å². The highest BCUT2D eigenvalue weighted by atomic mass is 32.1. The summed E-state index contributed by atoms with van der Waals surface area (Å²) in [7, 11) is 2.00. The van der Waals surface area contributed by atoms with E-state index in [1.807, 2.05) is 83.1 Å². The fraction of sp³-hybridized carbons (Fsp3) is 0.286. The number of H-pyrrole nitrogens is 2. The molecule has 0 unspecified atom stereocenters. The molecule has 18 nitrogen and oxygen atoms in total. The summed E-state index contributed by atoms with van der Waals surface area (Å²) in [5, 5.41) is 25.4. The van der Waals surface area contributed by atoms with Crippen molar-refractivity contribution in [3.8, 4) is 0 Å². The van der Waals surface area contributed by atoms with Crippen molar-refractivity contribution in [2.75, 3.05) is 0 Å². The van der Waals surface area contributed by atoms with Gasteiger partial charge in [-0.2, -0.15) is 14.5 Å². The van der Waals surface area contributed by atoms with Crippen LogP contribution in [0.3, 0.4) is 0 Å². The van der Waals surface area contributed by atoms with Crippen molar-refractivity contribution in [2.45, 2.75) is 48.5 Å². The average Bonchev–Trinajstić information content (AvgIpc) is 3.87. The quantitative estimate of drug-likeness (QED) is 0.205. The summed E-state index contributed by atoms with van der Waals surface area (Å²) in [5.41, 5.74) is 5.70. The van der Waals surface area contributed by atoms with E-state index in [2.05, 4.69) is 83.3 Å². The lowest BCUT2D eigenvalue weighted by Gasteiger charge is -1.79. The SMILES string of the molecule is Cc1cnc[nH]1.Cc1cnoc1.Cc1conn1.Cc1csnn1.Cc1ncn[nH]1.Cc1ncon1.Cc1ncsn1.Cn1cccc1. The molecule has 0 atom stereocenters. The van der Waals surface area contributed by atoms with E-state index in [0.717, 1.165) is 34.3 Å². The van der Waals surface area contributed by atoms with Crippen LogP contribution in [0.25, 0.3) is 0 Å². The molecule has 48 heavy (non-hydrogen) atoms. The Morgan fingerprint density at radius 1 is 0.792 bits per heavy atom. The van der Waals surface area contributed by atoms with E-state index < -0.39 is 0 Å². The maximum absolute atomic E-state index is 4.46. The van der Waals surface area contributed by atoms with Gasteiger partial charge in [-0.25, -0.2) is 15.0 Å². The van der Waals surface area contributed by atoms with Crippen LogP contribution in [0.4, 0.5) is 0 Å². The van der Waals surface area contributed by atoms with Crippen LogP contribution in [0.15, 0.2) is 93.0 Å². The van der Waals surface area contributed by atoms with Gasteiger partial charge in [-0.1, -0.05) is 14.8 Å². The monoisotopic (exact) mass is 697 g/mol. The third kappa shape index (κ3) is 24.5. The van der Waals surface area contributed by atoms with E-state index >= 15 is 0 Å². The Hall–Kier alpha value is -5.76. The first kappa shape index (κ1) is 40.3. The van der Waals surface area contributed by atoms with Gasteiger partial charge in [0.05, 0.1) is 18.2 Å². The van der Waals surface area contributed by atoms with Crippen LogP contribution in [0, 0.1) is 48.5 Å². The van der Waals surface area contributed by atoms with Crippen molar-refractivity contribution in [1.29, 1.82) is 0 Å². The first-order valence-electron chi connectivity index (χ1n) is 13.8. The van der Waals surface area contributed by atoms with Gasteiger partial charge in [-0.15, -0.1) is 10.2 Å². The van der Waals surface area contributed by atoms with Gasteiger partial charge in [0, 0.05) is 47.5 Å². The number of aromatic nitrogens is 15. The van der Waals surface area contributed by atoms with Crippen LogP contribution in [0.1, 0.15) is 40.1 Å². The van der Waals surface area contributed by atoms with Gasteiger partial charge in [0.2, 0.25) is 6.39 Å². The molecule has 0 fully saturated rings. The number of hydrogen-bond acceptors (Lipinski definition) is 17. The number of rotatable bonds is 0. The molecule has 0 amide bonds. The van der Waals surface area contributed by atoms with Crippen LogP contribution in [0.5, 0.6) is 0 Å². The van der Waals surface area contributed by atoms with E-state index in [9.17, 15) is 0 Å². The Balaban J connectivity index is 0.000000274. The van der Waals surface area contributed by atoms with E-state index in [-0.39, 0.29) is 0 Å². The van der Waals surface area contributed by atoms with Gasteiger partial charge in [0.25, 0.3) is 0 Å². The largest absolute Gasteiger partial charge is 0.365 e. The Morgan fingerprint density at radius 3 is 1.75 bits per heavy atom. The number of aromatic amines is 2. The lowest BCUT2D eigenvalue weighted by atomic mass is 10.4. The molecule has 8 rings (SSSR count). The Morgan fingerprint density at radius 2 is 1.58 bits per heavy atom. The minimum atomic E-state index is 0.676. The minimum Gasteiger partial charge on any atom is -0.365 e. The second-order valence-corrected chi connectivity index (χ2v) is 10.1. The summed E-state index contributed by atoms with van der Waals surface area (Å²) in [5.74, 6) is 2.39. The van der Waals surface area contributed by atoms with Crippen molar-refractivity contribution in [2.24, 2.45) is 7.05 Å². The van der Waals surface area contributed by atoms with Crippen molar-refractivity contribution < 1.29 is 13.6 Å². The maximum atomic E-state index is 4.46. The maximum Gasteiger partial charge on any atom is 0.213 e. The number of hydrogen-bond donors (Lipinski definition) is 2. The number of nitrogens with one attached hydrogen (secondary N) is 2. The van der Waals surface area contributed by atoms with Gasteiger partial charge < -0.3 is 23.1 Å². The van der Waals surface area contributed by atoms with E-state index in [1.54, 1.807) is 37.4 Å². The summed E-state index contributed by atoms with van der Waals surface area (Å²) in [6.45, 7) is 13.1. The molecule has 0 spiro atoms. The van der Waals surface area contributed by atoms with Crippen LogP contribution >= 0.6 is 23.1 Å². The third-order valence-corrected chi connectivity index (χ3v) is 5.55. The van der Waals surface area contributed by atoms with Gasteiger partial charge >= 0.3 is 0 Å². The molecule has 0 saturated carbocycles. The lowest BCUT2D eigenvalue weighted by Crippen LogP contribution is -1.75. The lowest BCUT2D eigenvalue weighted by molar-refractivity contribution is 0.393. The van der Waals surface area contributed by atoms with Crippen LogP contribution in [-0.4, -0.2) is 74.3 Å². The number of nitrogens with zero attached hydrogens (tertiary/aromatic N) is 13. The summed E-state index contributed by atoms with van der Waals surface area (Å²) in [6.07, 6.45) is 15.0. The molecule has 0 aliphatic carbocycles. The zero-order valence-electron chi connectivity index (χ0n) is 27.9. The van der Waals surface area contributed by atoms with Crippen LogP contribution < -0.4 is 0 Å². The van der Waals surface area contributed by atoms with Crippen molar-refractivity contribution >= 4 is 23.1 Å². The molecule has 20 heteroatoms. The number of aryl methyl sites for hydroxylation is 8. The predicted octanol–water partition coefficient (Wildman–Crippen LogP) is 5.29.